The van der Waals surface area contributed by atoms with Crippen LogP contribution in [0.5, 0.6) is 5.75 Å². The number of para-hydroxylation sites is 1. The average molecular weight is 497 g/mol. The molecule has 1 aromatic heterocycles. The van der Waals surface area contributed by atoms with Crippen molar-refractivity contribution in [2.45, 2.75) is 6.92 Å². The number of rotatable bonds is 7. The van der Waals surface area contributed by atoms with Crippen LogP contribution in [0.3, 0.4) is 0 Å². The number of amides is 1. The average Bonchev–Trinajstić information content (AvgIpc) is 2.75. The number of nitrogens with one attached hydrogen (secondary N) is 1. The van der Waals surface area contributed by atoms with E-state index in [1.165, 1.54) is 12.1 Å². The van der Waals surface area contributed by atoms with Gasteiger partial charge in [-0.1, -0.05) is 46.9 Å². The van der Waals surface area contributed by atoms with E-state index in [1.54, 1.807) is 37.3 Å². The smallest absolute Gasteiger partial charge is 0.362 e. The summed E-state index contributed by atoms with van der Waals surface area (Å²) in [4.78, 5) is 37.3. The van der Waals surface area contributed by atoms with E-state index in [0.717, 1.165) is 10.7 Å². The highest BCUT2D eigenvalue weighted by Gasteiger charge is 2.21. The van der Waals surface area contributed by atoms with Crippen molar-refractivity contribution in [1.82, 2.24) is 9.78 Å². The second-order valence-electron chi connectivity index (χ2n) is 6.24. The number of benzene rings is 2. The number of anilines is 1. The molecule has 0 bridgehead atoms. The van der Waals surface area contributed by atoms with Crippen molar-refractivity contribution in [1.29, 1.82) is 0 Å². The minimum Gasteiger partial charge on any atom is -0.481 e. The first-order chi connectivity index (χ1) is 15.3. The number of esters is 1. The Morgan fingerprint density at radius 3 is 2.47 bits per heavy atom. The zero-order chi connectivity index (χ0) is 23.3. The number of carbonyl (C=O) groups excluding carboxylic acids is 2. The fourth-order valence-corrected chi connectivity index (χ4v) is 3.12. The number of carbonyl (C=O) groups is 2. The first-order valence-electron chi connectivity index (χ1n) is 9.24. The van der Waals surface area contributed by atoms with E-state index < -0.39 is 24.0 Å². The predicted octanol–water partition coefficient (Wildman–Crippen LogP) is 4.39. The summed E-state index contributed by atoms with van der Waals surface area (Å²) in [5, 5.41) is 7.49. The predicted molar refractivity (Wildman–Crippen MR) is 121 cm³/mol. The normalized spacial score (nSPS) is 10.5. The van der Waals surface area contributed by atoms with Gasteiger partial charge in [-0.25, -0.2) is 4.79 Å². The van der Waals surface area contributed by atoms with Crippen molar-refractivity contribution >= 4 is 52.4 Å². The Balaban J connectivity index is 1.86. The van der Waals surface area contributed by atoms with Gasteiger partial charge < -0.3 is 14.8 Å². The van der Waals surface area contributed by atoms with Crippen LogP contribution < -0.4 is 15.6 Å². The zero-order valence-electron chi connectivity index (χ0n) is 16.6. The fourth-order valence-electron chi connectivity index (χ4n) is 2.60. The molecule has 0 aliphatic carbocycles. The fraction of sp³-hybridized carbons (Fsp3) is 0.143. The Bertz CT molecular complexity index is 1230. The third kappa shape index (κ3) is 5.59. The zero-order valence-corrected chi connectivity index (χ0v) is 18.9. The second-order valence-corrected chi connectivity index (χ2v) is 7.47. The molecule has 0 fully saturated rings. The molecule has 0 spiro atoms. The Morgan fingerprint density at radius 1 is 1.03 bits per heavy atom. The largest absolute Gasteiger partial charge is 0.481 e. The van der Waals surface area contributed by atoms with Crippen LogP contribution in [-0.4, -0.2) is 34.9 Å². The SMILES string of the molecule is CCOC(=O)c1nn(-c2ccccc2Cl)c(=O)cc1OCC(=O)Nc1ccc(Cl)c(Cl)c1. The van der Waals surface area contributed by atoms with Gasteiger partial charge in [0.25, 0.3) is 11.5 Å². The molecule has 11 heteroatoms. The van der Waals surface area contributed by atoms with E-state index >= 15 is 0 Å². The van der Waals surface area contributed by atoms with Gasteiger partial charge in [-0.05, 0) is 37.3 Å². The van der Waals surface area contributed by atoms with Gasteiger partial charge in [0.1, 0.15) is 0 Å². The first-order valence-corrected chi connectivity index (χ1v) is 10.4. The lowest BCUT2D eigenvalue weighted by molar-refractivity contribution is -0.118. The highest BCUT2D eigenvalue weighted by Crippen LogP contribution is 2.25. The molecular weight excluding hydrogens is 481 g/mol. The summed E-state index contributed by atoms with van der Waals surface area (Å²) in [5.41, 5.74) is -0.237. The Hall–Kier alpha value is -3.07. The summed E-state index contributed by atoms with van der Waals surface area (Å²) < 4.78 is 11.4. The molecule has 0 unspecified atom stereocenters. The highest BCUT2D eigenvalue weighted by molar-refractivity contribution is 6.42. The van der Waals surface area contributed by atoms with Crippen LogP contribution in [0.1, 0.15) is 17.4 Å². The van der Waals surface area contributed by atoms with Crippen LogP contribution in [0.15, 0.2) is 53.3 Å². The molecule has 1 heterocycles. The quantitative estimate of drug-likeness (QED) is 0.487. The molecule has 0 atom stereocenters. The molecule has 166 valence electrons. The molecule has 8 nitrogen and oxygen atoms in total. The standard InChI is InChI=1S/C21H16Cl3N3O5/c1-2-31-21(30)20-17(10-19(29)27(26-20)16-6-4-3-5-14(16)23)32-11-18(28)25-12-7-8-13(22)15(24)9-12/h3-10H,2,11H2,1H3,(H,25,28). The monoisotopic (exact) mass is 495 g/mol. The maximum absolute atomic E-state index is 12.6. The highest BCUT2D eigenvalue weighted by atomic mass is 35.5. The topological polar surface area (TPSA) is 99.5 Å². The van der Waals surface area contributed by atoms with E-state index in [-0.39, 0.29) is 33.8 Å². The lowest BCUT2D eigenvalue weighted by atomic mass is 10.3. The Labute approximate surface area is 197 Å². The lowest BCUT2D eigenvalue weighted by Gasteiger charge is -2.13. The second kappa shape index (κ2) is 10.5. The summed E-state index contributed by atoms with van der Waals surface area (Å²) in [5.74, 6) is -1.59. The van der Waals surface area contributed by atoms with Crippen molar-refractivity contribution in [2.24, 2.45) is 0 Å². The number of aromatic nitrogens is 2. The molecule has 32 heavy (non-hydrogen) atoms. The molecule has 1 N–H and O–H groups in total. The van der Waals surface area contributed by atoms with Gasteiger partial charge in [-0.15, -0.1) is 0 Å². The summed E-state index contributed by atoms with van der Waals surface area (Å²) in [6.45, 7) is 1.18. The van der Waals surface area contributed by atoms with Crippen molar-refractivity contribution in [3.05, 3.63) is 79.6 Å². The molecule has 3 aromatic rings. The van der Waals surface area contributed by atoms with Gasteiger partial charge in [0.05, 0.1) is 33.4 Å². The first kappa shape index (κ1) is 23.6. The summed E-state index contributed by atoms with van der Waals surface area (Å²) in [7, 11) is 0. The van der Waals surface area contributed by atoms with Gasteiger partial charge in [0.2, 0.25) is 5.69 Å². The van der Waals surface area contributed by atoms with Gasteiger partial charge in [-0.3, -0.25) is 9.59 Å². The van der Waals surface area contributed by atoms with Crippen molar-refractivity contribution < 1.29 is 19.1 Å². The van der Waals surface area contributed by atoms with Crippen LogP contribution in [-0.2, 0) is 9.53 Å². The van der Waals surface area contributed by atoms with E-state index in [9.17, 15) is 14.4 Å². The van der Waals surface area contributed by atoms with E-state index in [4.69, 9.17) is 44.3 Å². The summed E-state index contributed by atoms with van der Waals surface area (Å²) in [6.07, 6.45) is 0. The molecule has 3 rings (SSSR count). The van der Waals surface area contributed by atoms with Gasteiger partial charge in [0.15, 0.2) is 12.4 Å². The minimum atomic E-state index is -0.826. The van der Waals surface area contributed by atoms with Crippen LogP contribution >= 0.6 is 34.8 Å². The summed E-state index contributed by atoms with van der Waals surface area (Å²) >= 11 is 17.9. The van der Waals surface area contributed by atoms with Gasteiger partial charge in [0, 0.05) is 5.69 Å². The number of halogens is 3. The molecule has 0 radical (unpaired) electrons. The van der Waals surface area contributed by atoms with Crippen LogP contribution in [0, 0.1) is 0 Å². The Kier molecular flexibility index (Phi) is 7.74. The molecule has 0 saturated carbocycles. The Morgan fingerprint density at radius 2 is 1.78 bits per heavy atom. The number of hydrogen-bond acceptors (Lipinski definition) is 6. The lowest BCUT2D eigenvalue weighted by Crippen LogP contribution is -2.27. The third-order valence-corrected chi connectivity index (χ3v) is 5.07. The number of hydrogen-bond donors (Lipinski definition) is 1. The van der Waals surface area contributed by atoms with Gasteiger partial charge in [-0.2, -0.15) is 9.78 Å². The van der Waals surface area contributed by atoms with Crippen LogP contribution in [0.25, 0.3) is 5.69 Å². The number of nitrogens with zero attached hydrogens (tertiary/aromatic N) is 2. The molecule has 1 amide bonds. The van der Waals surface area contributed by atoms with Crippen LogP contribution in [0.2, 0.25) is 15.1 Å². The maximum Gasteiger partial charge on any atom is 0.362 e. The van der Waals surface area contributed by atoms with Crippen molar-refractivity contribution in [3.8, 4) is 11.4 Å². The number of ether oxygens (including phenoxy) is 2. The minimum absolute atomic E-state index is 0.0724. The molecule has 0 saturated heterocycles. The molecule has 0 aliphatic heterocycles. The molecule has 0 aliphatic rings. The van der Waals surface area contributed by atoms with E-state index in [2.05, 4.69) is 10.4 Å². The summed E-state index contributed by atoms with van der Waals surface area (Å²) in [6, 6.07) is 12.1. The van der Waals surface area contributed by atoms with Gasteiger partial charge >= 0.3 is 5.97 Å². The third-order valence-electron chi connectivity index (χ3n) is 4.01. The van der Waals surface area contributed by atoms with Crippen molar-refractivity contribution in [2.75, 3.05) is 18.5 Å². The molecular formula is C21H16Cl3N3O5. The van der Waals surface area contributed by atoms with Crippen LogP contribution in [0.4, 0.5) is 5.69 Å². The van der Waals surface area contributed by atoms with Crippen molar-refractivity contribution in [3.63, 3.8) is 0 Å². The van der Waals surface area contributed by atoms with E-state index in [1.807, 2.05) is 0 Å². The molecule has 2 aromatic carbocycles. The maximum atomic E-state index is 12.6. The van der Waals surface area contributed by atoms with E-state index in [0.29, 0.717) is 10.7 Å².